The second-order valence-electron chi connectivity index (χ2n) is 4.39. The fraction of sp³-hybridized carbons (Fsp3) is 0.0588. The quantitative estimate of drug-likeness (QED) is 0.532. The summed E-state index contributed by atoms with van der Waals surface area (Å²) in [6.45, 7) is 0. The molecule has 2 aliphatic heterocycles. The fourth-order valence-corrected chi connectivity index (χ4v) is 3.65. The van der Waals surface area contributed by atoms with Crippen LogP contribution in [0.2, 0.25) is 0 Å². The number of hydrogen-bond donors (Lipinski definition) is 0. The first-order valence-corrected chi connectivity index (χ1v) is 9.02. The van der Waals surface area contributed by atoms with Crippen molar-refractivity contribution in [3.63, 3.8) is 0 Å². The third kappa shape index (κ3) is 3.65. The van der Waals surface area contributed by atoms with Crippen molar-refractivity contribution in [3.05, 3.63) is 71.8 Å². The molecular formula is C17H14N2S2. The molecule has 0 bridgehead atoms. The van der Waals surface area contributed by atoms with Crippen LogP contribution in [-0.2, 0) is 0 Å². The summed E-state index contributed by atoms with van der Waals surface area (Å²) in [6.07, 6.45) is 5.87. The molecule has 0 radical (unpaired) electrons. The minimum absolute atomic E-state index is 0.916. The molecule has 0 amide bonds. The highest BCUT2D eigenvalue weighted by atomic mass is 33.1. The predicted molar refractivity (Wildman–Crippen MR) is 94.6 cm³/mol. The lowest BCUT2D eigenvalue weighted by Crippen LogP contribution is -1.84. The van der Waals surface area contributed by atoms with Gasteiger partial charge < -0.3 is 0 Å². The van der Waals surface area contributed by atoms with Gasteiger partial charge in [0.1, 0.15) is 0 Å². The van der Waals surface area contributed by atoms with Gasteiger partial charge >= 0.3 is 0 Å². The molecule has 0 saturated heterocycles. The Hall–Kier alpha value is -1.78. The van der Waals surface area contributed by atoms with Crippen LogP contribution in [0.3, 0.4) is 0 Å². The molecule has 21 heavy (non-hydrogen) atoms. The van der Waals surface area contributed by atoms with Gasteiger partial charge in [0.05, 0.1) is 11.9 Å². The van der Waals surface area contributed by atoms with Gasteiger partial charge in [-0.1, -0.05) is 70.1 Å². The van der Waals surface area contributed by atoms with E-state index in [1.54, 1.807) is 6.20 Å². The Morgan fingerprint density at radius 2 is 1.71 bits per heavy atom. The molecule has 0 unspecified atom stereocenters. The Bertz CT molecular complexity index is 646. The molecule has 2 aliphatic rings. The molecule has 0 aliphatic carbocycles. The Labute approximate surface area is 132 Å². The minimum atomic E-state index is 0.916. The molecule has 0 saturated carbocycles. The van der Waals surface area contributed by atoms with Crippen molar-refractivity contribution in [2.45, 2.75) is 0 Å². The van der Waals surface area contributed by atoms with E-state index in [9.17, 15) is 0 Å². The van der Waals surface area contributed by atoms with Gasteiger partial charge in [0.25, 0.3) is 0 Å². The number of benzene rings is 2. The van der Waals surface area contributed by atoms with Gasteiger partial charge in [0.2, 0.25) is 0 Å². The zero-order valence-electron chi connectivity index (χ0n) is 11.3. The normalized spacial score (nSPS) is 14.5. The van der Waals surface area contributed by atoms with Crippen LogP contribution in [0.15, 0.2) is 76.4 Å². The SMILES string of the molecule is C1=CSSC1.C1=Cc2ccccc2-c2ccccc2N=N1. The maximum absolute atomic E-state index is 4.18. The second-order valence-corrected chi connectivity index (χ2v) is 6.71. The molecule has 4 rings (SSSR count). The van der Waals surface area contributed by atoms with E-state index in [0.29, 0.717) is 0 Å². The molecule has 2 aromatic carbocycles. The third-order valence-electron chi connectivity index (χ3n) is 3.03. The standard InChI is InChI=1S/C14H10N2.C3H4S2/c1-2-6-12-11(5-1)9-10-15-16-14-8-4-3-7-13(12)14;1-2-4-5-3-1/h1-10H;1-2H,3H2. The van der Waals surface area contributed by atoms with Crippen LogP contribution in [-0.4, -0.2) is 5.75 Å². The zero-order valence-corrected chi connectivity index (χ0v) is 13.0. The van der Waals surface area contributed by atoms with E-state index in [0.717, 1.165) is 11.3 Å². The first kappa shape index (κ1) is 14.2. The van der Waals surface area contributed by atoms with Crippen molar-refractivity contribution in [3.8, 4) is 11.1 Å². The highest BCUT2D eigenvalue weighted by Crippen LogP contribution is 2.34. The maximum Gasteiger partial charge on any atom is 0.0935 e. The van der Waals surface area contributed by atoms with Crippen LogP contribution < -0.4 is 0 Å². The molecule has 0 N–H and O–H groups in total. The molecule has 0 fully saturated rings. The molecule has 0 atom stereocenters. The summed E-state index contributed by atoms with van der Waals surface area (Å²) in [4.78, 5) is 0. The summed E-state index contributed by atoms with van der Waals surface area (Å²) >= 11 is 0. The summed E-state index contributed by atoms with van der Waals surface area (Å²) in [5, 5.41) is 10.3. The Morgan fingerprint density at radius 3 is 2.48 bits per heavy atom. The largest absolute Gasteiger partial charge is 0.159 e. The van der Waals surface area contributed by atoms with E-state index in [1.165, 1.54) is 16.9 Å². The van der Waals surface area contributed by atoms with E-state index in [4.69, 9.17) is 0 Å². The van der Waals surface area contributed by atoms with Crippen molar-refractivity contribution < 1.29 is 0 Å². The summed E-state index contributed by atoms with van der Waals surface area (Å²) in [5.41, 5.74) is 4.42. The topological polar surface area (TPSA) is 24.7 Å². The van der Waals surface area contributed by atoms with Crippen molar-refractivity contribution in [2.75, 3.05) is 5.75 Å². The highest BCUT2D eigenvalue weighted by molar-refractivity contribution is 8.78. The number of fused-ring (bicyclic) bond motifs is 3. The van der Waals surface area contributed by atoms with Crippen LogP contribution in [0.4, 0.5) is 5.69 Å². The van der Waals surface area contributed by atoms with Gasteiger partial charge in [-0.2, -0.15) is 10.2 Å². The Morgan fingerprint density at radius 1 is 0.905 bits per heavy atom. The number of azo groups is 1. The summed E-state index contributed by atoms with van der Waals surface area (Å²) in [5.74, 6) is 1.20. The highest BCUT2D eigenvalue weighted by Gasteiger charge is 2.08. The first-order valence-electron chi connectivity index (χ1n) is 6.64. The Balaban J connectivity index is 0.000000225. The molecule has 0 aromatic heterocycles. The molecule has 0 spiro atoms. The lowest BCUT2D eigenvalue weighted by molar-refractivity contribution is 1.23. The van der Waals surface area contributed by atoms with Crippen LogP contribution in [0, 0.1) is 0 Å². The van der Waals surface area contributed by atoms with Gasteiger partial charge in [-0.25, -0.2) is 0 Å². The van der Waals surface area contributed by atoms with Crippen LogP contribution in [0.25, 0.3) is 17.2 Å². The van der Waals surface area contributed by atoms with E-state index < -0.39 is 0 Å². The first-order chi connectivity index (χ1) is 10.4. The van der Waals surface area contributed by atoms with Crippen molar-refractivity contribution in [1.29, 1.82) is 0 Å². The number of hydrogen-bond acceptors (Lipinski definition) is 4. The predicted octanol–water partition coefficient (Wildman–Crippen LogP) is 6.32. The number of rotatable bonds is 0. The monoisotopic (exact) mass is 310 g/mol. The molecule has 2 aromatic rings. The van der Waals surface area contributed by atoms with E-state index in [2.05, 4.69) is 39.9 Å². The lowest BCUT2D eigenvalue weighted by Gasteiger charge is -2.09. The van der Waals surface area contributed by atoms with Crippen LogP contribution in [0.5, 0.6) is 0 Å². The average Bonchev–Trinajstić information content (AvgIpc) is 3.10. The maximum atomic E-state index is 4.18. The average molecular weight is 310 g/mol. The molecule has 2 nitrogen and oxygen atoms in total. The van der Waals surface area contributed by atoms with Crippen molar-refractivity contribution >= 4 is 33.4 Å². The smallest absolute Gasteiger partial charge is 0.0935 e. The third-order valence-corrected chi connectivity index (χ3v) is 4.94. The lowest BCUT2D eigenvalue weighted by atomic mass is 9.98. The van der Waals surface area contributed by atoms with E-state index in [-0.39, 0.29) is 0 Å². The van der Waals surface area contributed by atoms with E-state index in [1.807, 2.05) is 58.0 Å². The van der Waals surface area contributed by atoms with Gasteiger partial charge in [0.15, 0.2) is 0 Å². The summed E-state index contributed by atoms with van der Waals surface area (Å²) < 4.78 is 0. The van der Waals surface area contributed by atoms with Crippen molar-refractivity contribution in [1.82, 2.24) is 0 Å². The van der Waals surface area contributed by atoms with Gasteiger partial charge in [-0.3, -0.25) is 0 Å². The fourth-order valence-electron chi connectivity index (χ4n) is 2.08. The van der Waals surface area contributed by atoms with Crippen LogP contribution >= 0.6 is 21.6 Å². The van der Waals surface area contributed by atoms with Crippen LogP contribution in [0.1, 0.15) is 5.56 Å². The number of nitrogens with zero attached hydrogens (tertiary/aromatic N) is 2. The second kappa shape index (κ2) is 7.29. The van der Waals surface area contributed by atoms with Gasteiger partial charge in [-0.05, 0) is 28.7 Å². The van der Waals surface area contributed by atoms with Crippen molar-refractivity contribution in [2.24, 2.45) is 10.2 Å². The van der Waals surface area contributed by atoms with E-state index >= 15 is 0 Å². The minimum Gasteiger partial charge on any atom is -0.159 e. The summed E-state index contributed by atoms with van der Waals surface area (Å²) in [7, 11) is 3.69. The molecule has 4 heteroatoms. The molecule has 104 valence electrons. The summed E-state index contributed by atoms with van der Waals surface area (Å²) in [6, 6.07) is 16.3. The molecule has 2 heterocycles. The molecular weight excluding hydrogens is 296 g/mol. The van der Waals surface area contributed by atoms with Gasteiger partial charge in [0, 0.05) is 11.3 Å². The van der Waals surface area contributed by atoms with Gasteiger partial charge in [-0.15, -0.1) is 0 Å². The Kier molecular flexibility index (Phi) is 4.92. The zero-order chi connectivity index (χ0) is 14.3.